The number of hydrogen-bond acceptors (Lipinski definition) is 4. The Labute approximate surface area is 125 Å². The van der Waals surface area contributed by atoms with Gasteiger partial charge in [-0.15, -0.1) is 0 Å². The van der Waals surface area contributed by atoms with Crippen molar-refractivity contribution in [2.45, 2.75) is 6.54 Å². The van der Waals surface area contributed by atoms with Crippen LogP contribution in [-0.2, 0) is 6.54 Å². The number of carbonyl (C=O) groups is 2. The van der Waals surface area contributed by atoms with Crippen LogP contribution in [0.5, 0.6) is 0 Å². The number of hydrogen-bond donors (Lipinski definition) is 2. The van der Waals surface area contributed by atoms with Crippen molar-refractivity contribution >= 4 is 22.8 Å². The first-order chi connectivity index (χ1) is 10.6. The molecule has 0 bridgehead atoms. The Morgan fingerprint density at radius 1 is 1.14 bits per heavy atom. The number of carboxylic acid groups (broad SMARTS) is 1. The van der Waals surface area contributed by atoms with Crippen molar-refractivity contribution in [3.63, 3.8) is 0 Å². The Morgan fingerprint density at radius 3 is 2.73 bits per heavy atom. The minimum atomic E-state index is -1.14. The summed E-state index contributed by atoms with van der Waals surface area (Å²) in [7, 11) is 0. The summed E-state index contributed by atoms with van der Waals surface area (Å²) in [5, 5.41) is 12.4. The predicted molar refractivity (Wildman–Crippen MR) is 78.6 cm³/mol. The second-order valence-corrected chi connectivity index (χ2v) is 4.63. The second-order valence-electron chi connectivity index (χ2n) is 4.63. The van der Waals surface area contributed by atoms with Crippen LogP contribution < -0.4 is 5.32 Å². The zero-order valence-electron chi connectivity index (χ0n) is 11.4. The molecule has 110 valence electrons. The molecule has 0 atom stereocenters. The molecule has 6 nitrogen and oxygen atoms in total. The quantitative estimate of drug-likeness (QED) is 0.771. The molecule has 0 fully saturated rings. The number of furan rings is 1. The third-order valence-electron chi connectivity index (χ3n) is 3.17. The largest absolute Gasteiger partial charge is 0.475 e. The molecule has 3 rings (SSSR count). The van der Waals surface area contributed by atoms with E-state index in [1.54, 1.807) is 24.4 Å². The van der Waals surface area contributed by atoms with Crippen molar-refractivity contribution in [2.75, 3.05) is 0 Å². The number of rotatable bonds is 4. The third-order valence-corrected chi connectivity index (χ3v) is 3.17. The molecule has 2 heterocycles. The van der Waals surface area contributed by atoms with Crippen molar-refractivity contribution < 1.29 is 19.1 Å². The summed E-state index contributed by atoms with van der Waals surface area (Å²) in [4.78, 5) is 27.2. The summed E-state index contributed by atoms with van der Waals surface area (Å²) in [5.41, 5.74) is 1.08. The Hall–Kier alpha value is -3.15. The fourth-order valence-corrected chi connectivity index (χ4v) is 2.14. The highest BCUT2D eigenvalue weighted by Crippen LogP contribution is 2.16. The number of para-hydroxylation sites is 1. The normalized spacial score (nSPS) is 10.5. The number of pyridine rings is 1. The molecule has 2 aromatic heterocycles. The first-order valence-electron chi connectivity index (χ1n) is 6.59. The number of fused-ring (bicyclic) bond motifs is 1. The van der Waals surface area contributed by atoms with E-state index in [0.717, 1.165) is 5.39 Å². The molecule has 0 aliphatic heterocycles. The standard InChI is InChI=1S/C16H12N2O4/c19-15(18-9-11-6-7-13(22-11)16(20)21)12-5-1-3-10-4-2-8-17-14(10)12/h1-8H,9H2,(H,18,19)(H,20,21). The van der Waals surface area contributed by atoms with Gasteiger partial charge in [0.2, 0.25) is 5.76 Å². The predicted octanol–water partition coefficient (Wildman–Crippen LogP) is 2.46. The molecule has 0 spiro atoms. The maximum atomic E-state index is 12.3. The van der Waals surface area contributed by atoms with Gasteiger partial charge in [-0.3, -0.25) is 9.78 Å². The molecule has 2 N–H and O–H groups in total. The average molecular weight is 296 g/mol. The molecule has 0 saturated heterocycles. The molecule has 22 heavy (non-hydrogen) atoms. The van der Waals surface area contributed by atoms with Gasteiger partial charge < -0.3 is 14.8 Å². The van der Waals surface area contributed by atoms with Gasteiger partial charge in [0.05, 0.1) is 17.6 Å². The van der Waals surface area contributed by atoms with Crippen LogP contribution in [0.25, 0.3) is 10.9 Å². The Balaban J connectivity index is 1.77. The lowest BCUT2D eigenvalue weighted by molar-refractivity contribution is 0.0660. The lowest BCUT2D eigenvalue weighted by atomic mass is 10.1. The van der Waals surface area contributed by atoms with Gasteiger partial charge >= 0.3 is 5.97 Å². The fourth-order valence-electron chi connectivity index (χ4n) is 2.14. The van der Waals surface area contributed by atoms with E-state index in [2.05, 4.69) is 10.3 Å². The molecular formula is C16H12N2O4. The van der Waals surface area contributed by atoms with E-state index in [0.29, 0.717) is 16.8 Å². The van der Waals surface area contributed by atoms with Gasteiger partial charge in [-0.05, 0) is 24.3 Å². The number of aromatic carboxylic acids is 1. The van der Waals surface area contributed by atoms with E-state index < -0.39 is 5.97 Å². The van der Waals surface area contributed by atoms with Crippen LogP contribution in [0.2, 0.25) is 0 Å². The van der Waals surface area contributed by atoms with Crippen molar-refractivity contribution in [1.29, 1.82) is 0 Å². The Morgan fingerprint density at radius 2 is 1.95 bits per heavy atom. The zero-order chi connectivity index (χ0) is 15.5. The topological polar surface area (TPSA) is 92.4 Å². The Kier molecular flexibility index (Phi) is 3.57. The monoisotopic (exact) mass is 296 g/mol. The zero-order valence-corrected chi connectivity index (χ0v) is 11.4. The number of carbonyl (C=O) groups excluding carboxylic acids is 1. The summed E-state index contributed by atoms with van der Waals surface area (Å²) in [6, 6.07) is 11.9. The van der Waals surface area contributed by atoms with Crippen LogP contribution in [0.1, 0.15) is 26.7 Å². The van der Waals surface area contributed by atoms with Crippen molar-refractivity contribution in [3.05, 3.63) is 65.7 Å². The molecule has 1 amide bonds. The lowest BCUT2D eigenvalue weighted by Gasteiger charge is -2.06. The van der Waals surface area contributed by atoms with Crippen molar-refractivity contribution in [3.8, 4) is 0 Å². The highest BCUT2D eigenvalue weighted by atomic mass is 16.4. The summed E-state index contributed by atoms with van der Waals surface area (Å²) < 4.78 is 5.09. The first kappa shape index (κ1) is 13.8. The molecule has 0 aliphatic rings. The molecule has 3 aromatic rings. The molecule has 0 aliphatic carbocycles. The molecule has 1 aromatic carbocycles. The van der Waals surface area contributed by atoms with Crippen LogP contribution >= 0.6 is 0 Å². The number of nitrogens with one attached hydrogen (secondary N) is 1. The molecular weight excluding hydrogens is 284 g/mol. The lowest BCUT2D eigenvalue weighted by Crippen LogP contribution is -2.23. The van der Waals surface area contributed by atoms with Crippen LogP contribution in [-0.4, -0.2) is 22.0 Å². The summed E-state index contributed by atoms with van der Waals surface area (Å²) in [5.74, 6) is -1.22. The van der Waals surface area contributed by atoms with E-state index in [9.17, 15) is 9.59 Å². The highest BCUT2D eigenvalue weighted by molar-refractivity contribution is 6.05. The van der Waals surface area contributed by atoms with Gasteiger partial charge in [0.1, 0.15) is 5.76 Å². The van der Waals surface area contributed by atoms with Gasteiger partial charge in [-0.1, -0.05) is 18.2 Å². The minimum Gasteiger partial charge on any atom is -0.475 e. The Bertz CT molecular complexity index is 849. The summed E-state index contributed by atoms with van der Waals surface area (Å²) >= 11 is 0. The smallest absolute Gasteiger partial charge is 0.371 e. The third kappa shape index (κ3) is 2.67. The SMILES string of the molecule is O=C(O)c1ccc(CNC(=O)c2cccc3cccnc23)o1. The number of nitrogens with zero attached hydrogens (tertiary/aromatic N) is 1. The molecule has 0 radical (unpaired) electrons. The van der Waals surface area contributed by atoms with Crippen LogP contribution in [0, 0.1) is 0 Å². The van der Waals surface area contributed by atoms with Crippen LogP contribution in [0.4, 0.5) is 0 Å². The number of benzene rings is 1. The maximum absolute atomic E-state index is 12.3. The summed E-state index contributed by atoms with van der Waals surface area (Å²) in [6.45, 7) is 0.106. The van der Waals surface area contributed by atoms with Gasteiger partial charge in [0, 0.05) is 11.6 Å². The minimum absolute atomic E-state index is 0.106. The van der Waals surface area contributed by atoms with Crippen molar-refractivity contribution in [1.82, 2.24) is 10.3 Å². The van der Waals surface area contributed by atoms with E-state index in [-0.39, 0.29) is 18.2 Å². The second kappa shape index (κ2) is 5.69. The highest BCUT2D eigenvalue weighted by Gasteiger charge is 2.13. The number of aromatic nitrogens is 1. The van der Waals surface area contributed by atoms with Crippen LogP contribution in [0.15, 0.2) is 53.1 Å². The van der Waals surface area contributed by atoms with Crippen molar-refractivity contribution in [2.24, 2.45) is 0 Å². The van der Waals surface area contributed by atoms with Gasteiger partial charge in [0.15, 0.2) is 0 Å². The number of carboxylic acids is 1. The summed E-state index contributed by atoms with van der Waals surface area (Å²) in [6.07, 6.45) is 1.63. The average Bonchev–Trinajstić information content (AvgIpc) is 3.01. The number of amides is 1. The molecule has 0 unspecified atom stereocenters. The van der Waals surface area contributed by atoms with E-state index in [4.69, 9.17) is 9.52 Å². The van der Waals surface area contributed by atoms with Gasteiger partial charge in [-0.2, -0.15) is 0 Å². The van der Waals surface area contributed by atoms with Gasteiger partial charge in [-0.25, -0.2) is 4.79 Å². The maximum Gasteiger partial charge on any atom is 0.371 e. The van der Waals surface area contributed by atoms with Gasteiger partial charge in [0.25, 0.3) is 5.91 Å². The molecule has 6 heteroatoms. The van der Waals surface area contributed by atoms with E-state index in [1.165, 1.54) is 12.1 Å². The first-order valence-corrected chi connectivity index (χ1v) is 6.59. The van der Waals surface area contributed by atoms with E-state index >= 15 is 0 Å². The van der Waals surface area contributed by atoms with Crippen LogP contribution in [0.3, 0.4) is 0 Å². The fraction of sp³-hybridized carbons (Fsp3) is 0.0625. The van der Waals surface area contributed by atoms with E-state index in [1.807, 2.05) is 12.1 Å². The molecule has 0 saturated carbocycles.